The molecule has 0 fully saturated rings. The van der Waals surface area contributed by atoms with Crippen LogP contribution in [0.5, 0.6) is 0 Å². The number of benzene rings is 2. The third-order valence-corrected chi connectivity index (χ3v) is 3.30. The summed E-state index contributed by atoms with van der Waals surface area (Å²) in [6, 6.07) is 14.5. The van der Waals surface area contributed by atoms with Crippen LogP contribution in [0, 0.1) is 0 Å². The van der Waals surface area contributed by atoms with Crippen molar-refractivity contribution in [1.82, 2.24) is 5.32 Å². The molecule has 108 valence electrons. The standard InChI is InChI=1S/C16H15BrN2O2/c1-11(20)19-15-7-5-13(6-8-15)16(21)18-10-12-3-2-4-14(17)9-12/h2-9H,10H2,1H3,(H,18,21)(H,19,20). The molecule has 2 rings (SSSR count). The van der Waals surface area contributed by atoms with E-state index in [1.54, 1.807) is 24.3 Å². The van der Waals surface area contributed by atoms with Gasteiger partial charge in [-0.1, -0.05) is 28.1 Å². The molecule has 2 aromatic carbocycles. The van der Waals surface area contributed by atoms with Crippen LogP contribution in [0.3, 0.4) is 0 Å². The molecule has 2 amide bonds. The van der Waals surface area contributed by atoms with Gasteiger partial charge in [-0.25, -0.2) is 0 Å². The second kappa shape index (κ2) is 7.04. The Kier molecular flexibility index (Phi) is 5.11. The van der Waals surface area contributed by atoms with E-state index in [1.807, 2.05) is 24.3 Å². The van der Waals surface area contributed by atoms with Gasteiger partial charge in [0.05, 0.1) is 0 Å². The molecule has 0 saturated carbocycles. The number of rotatable bonds is 4. The van der Waals surface area contributed by atoms with Crippen LogP contribution in [0.25, 0.3) is 0 Å². The first-order chi connectivity index (χ1) is 10.0. The van der Waals surface area contributed by atoms with Crippen LogP contribution in [-0.2, 0) is 11.3 Å². The lowest BCUT2D eigenvalue weighted by molar-refractivity contribution is -0.114. The SMILES string of the molecule is CC(=O)Nc1ccc(C(=O)NCc2cccc(Br)c2)cc1. The monoisotopic (exact) mass is 346 g/mol. The normalized spacial score (nSPS) is 10.0. The van der Waals surface area contributed by atoms with Gasteiger partial charge in [-0.05, 0) is 42.0 Å². The van der Waals surface area contributed by atoms with E-state index in [-0.39, 0.29) is 11.8 Å². The minimum atomic E-state index is -0.149. The van der Waals surface area contributed by atoms with Crippen molar-refractivity contribution < 1.29 is 9.59 Å². The molecule has 5 heteroatoms. The van der Waals surface area contributed by atoms with Crippen LogP contribution in [0.4, 0.5) is 5.69 Å². The van der Waals surface area contributed by atoms with E-state index >= 15 is 0 Å². The number of hydrogen-bond acceptors (Lipinski definition) is 2. The van der Waals surface area contributed by atoms with Crippen LogP contribution < -0.4 is 10.6 Å². The number of carbonyl (C=O) groups excluding carboxylic acids is 2. The van der Waals surface area contributed by atoms with Crippen molar-refractivity contribution in [3.05, 3.63) is 64.1 Å². The fourth-order valence-corrected chi connectivity index (χ4v) is 2.29. The summed E-state index contributed by atoms with van der Waals surface area (Å²) < 4.78 is 0.980. The van der Waals surface area contributed by atoms with Gasteiger partial charge in [-0.3, -0.25) is 9.59 Å². The lowest BCUT2D eigenvalue weighted by Crippen LogP contribution is -2.22. The Morgan fingerprint density at radius 3 is 2.43 bits per heavy atom. The van der Waals surface area contributed by atoms with E-state index in [4.69, 9.17) is 0 Å². The summed E-state index contributed by atoms with van der Waals surface area (Å²) in [7, 11) is 0. The van der Waals surface area contributed by atoms with E-state index < -0.39 is 0 Å². The molecule has 2 N–H and O–H groups in total. The molecular formula is C16H15BrN2O2. The van der Waals surface area contributed by atoms with Gasteiger partial charge in [-0.2, -0.15) is 0 Å². The summed E-state index contributed by atoms with van der Waals surface area (Å²) in [6.07, 6.45) is 0. The minimum Gasteiger partial charge on any atom is -0.348 e. The number of carbonyl (C=O) groups is 2. The molecular weight excluding hydrogens is 332 g/mol. The minimum absolute atomic E-state index is 0.137. The Bertz CT molecular complexity index is 654. The highest BCUT2D eigenvalue weighted by Crippen LogP contribution is 2.12. The van der Waals surface area contributed by atoms with E-state index in [1.165, 1.54) is 6.92 Å². The summed E-state index contributed by atoms with van der Waals surface area (Å²) in [4.78, 5) is 23.0. The van der Waals surface area contributed by atoms with E-state index in [0.29, 0.717) is 17.8 Å². The smallest absolute Gasteiger partial charge is 0.251 e. The van der Waals surface area contributed by atoms with Crippen LogP contribution in [-0.4, -0.2) is 11.8 Å². The van der Waals surface area contributed by atoms with Gasteiger partial charge in [0.25, 0.3) is 5.91 Å². The first kappa shape index (κ1) is 15.3. The van der Waals surface area contributed by atoms with Crippen molar-refractivity contribution in [1.29, 1.82) is 0 Å². The molecule has 0 saturated heterocycles. The van der Waals surface area contributed by atoms with Gasteiger partial charge in [-0.15, -0.1) is 0 Å². The lowest BCUT2D eigenvalue weighted by Gasteiger charge is -2.07. The molecule has 0 spiro atoms. The maximum Gasteiger partial charge on any atom is 0.251 e. The summed E-state index contributed by atoms with van der Waals surface area (Å²) in [5.74, 6) is -0.286. The summed E-state index contributed by atoms with van der Waals surface area (Å²) >= 11 is 3.39. The average molecular weight is 347 g/mol. The molecule has 0 bridgehead atoms. The second-order valence-electron chi connectivity index (χ2n) is 4.57. The van der Waals surface area contributed by atoms with Crippen molar-refractivity contribution in [3.8, 4) is 0 Å². The molecule has 0 aliphatic heterocycles. The molecule has 0 unspecified atom stereocenters. The second-order valence-corrected chi connectivity index (χ2v) is 5.49. The molecule has 2 aromatic rings. The molecule has 0 radical (unpaired) electrons. The molecule has 4 nitrogen and oxygen atoms in total. The fourth-order valence-electron chi connectivity index (χ4n) is 1.84. The maximum atomic E-state index is 12.0. The Labute approximate surface area is 131 Å². The number of anilines is 1. The van der Waals surface area contributed by atoms with Gasteiger partial charge >= 0.3 is 0 Å². The van der Waals surface area contributed by atoms with Gasteiger partial charge in [0.1, 0.15) is 0 Å². The third-order valence-electron chi connectivity index (χ3n) is 2.81. The Morgan fingerprint density at radius 1 is 1.10 bits per heavy atom. The lowest BCUT2D eigenvalue weighted by atomic mass is 10.1. The zero-order valence-electron chi connectivity index (χ0n) is 11.5. The predicted octanol–water partition coefficient (Wildman–Crippen LogP) is 3.34. The number of amides is 2. The maximum absolute atomic E-state index is 12.0. The zero-order chi connectivity index (χ0) is 15.2. The molecule has 0 heterocycles. The quantitative estimate of drug-likeness (QED) is 0.891. The van der Waals surface area contributed by atoms with Crippen molar-refractivity contribution in [3.63, 3.8) is 0 Å². The van der Waals surface area contributed by atoms with Gasteiger partial charge in [0, 0.05) is 29.2 Å². The summed E-state index contributed by atoms with van der Waals surface area (Å²) in [5, 5.41) is 5.51. The van der Waals surface area contributed by atoms with E-state index in [0.717, 1.165) is 10.0 Å². The van der Waals surface area contributed by atoms with Crippen molar-refractivity contribution >= 4 is 33.4 Å². The zero-order valence-corrected chi connectivity index (χ0v) is 13.1. The van der Waals surface area contributed by atoms with Gasteiger partial charge in [0.2, 0.25) is 5.91 Å². The van der Waals surface area contributed by atoms with Crippen LogP contribution in [0.1, 0.15) is 22.8 Å². The third kappa shape index (κ3) is 4.72. The van der Waals surface area contributed by atoms with Crippen molar-refractivity contribution in [2.75, 3.05) is 5.32 Å². The van der Waals surface area contributed by atoms with E-state index in [9.17, 15) is 9.59 Å². The average Bonchev–Trinajstić information content (AvgIpc) is 2.45. The van der Waals surface area contributed by atoms with Gasteiger partial charge in [0.15, 0.2) is 0 Å². The highest BCUT2D eigenvalue weighted by Gasteiger charge is 2.05. The number of halogens is 1. The molecule has 0 aromatic heterocycles. The highest BCUT2D eigenvalue weighted by molar-refractivity contribution is 9.10. The topological polar surface area (TPSA) is 58.2 Å². The first-order valence-electron chi connectivity index (χ1n) is 6.45. The van der Waals surface area contributed by atoms with Gasteiger partial charge < -0.3 is 10.6 Å². The van der Waals surface area contributed by atoms with Crippen molar-refractivity contribution in [2.24, 2.45) is 0 Å². The molecule has 0 aliphatic carbocycles. The van der Waals surface area contributed by atoms with E-state index in [2.05, 4.69) is 26.6 Å². The molecule has 0 atom stereocenters. The molecule has 21 heavy (non-hydrogen) atoms. The Morgan fingerprint density at radius 2 is 1.81 bits per heavy atom. The summed E-state index contributed by atoms with van der Waals surface area (Å²) in [5.41, 5.74) is 2.25. The Hall–Kier alpha value is -2.14. The largest absolute Gasteiger partial charge is 0.348 e. The van der Waals surface area contributed by atoms with Crippen LogP contribution in [0.15, 0.2) is 53.0 Å². The Balaban J connectivity index is 1.95. The highest BCUT2D eigenvalue weighted by atomic mass is 79.9. The number of hydrogen-bond donors (Lipinski definition) is 2. The molecule has 0 aliphatic rings. The van der Waals surface area contributed by atoms with Crippen molar-refractivity contribution in [2.45, 2.75) is 13.5 Å². The fraction of sp³-hybridized carbons (Fsp3) is 0.125. The van der Waals surface area contributed by atoms with Crippen LogP contribution >= 0.6 is 15.9 Å². The first-order valence-corrected chi connectivity index (χ1v) is 7.24. The summed E-state index contributed by atoms with van der Waals surface area (Å²) in [6.45, 7) is 1.91. The number of nitrogens with one attached hydrogen (secondary N) is 2. The predicted molar refractivity (Wildman–Crippen MR) is 86.1 cm³/mol. The van der Waals surface area contributed by atoms with Crippen LogP contribution in [0.2, 0.25) is 0 Å².